The minimum absolute atomic E-state index is 0.160. The van der Waals surface area contributed by atoms with Crippen LogP contribution in [0.2, 0.25) is 0 Å². The third-order valence-electron chi connectivity index (χ3n) is 6.32. The Balaban J connectivity index is 1.52. The van der Waals surface area contributed by atoms with Crippen LogP contribution in [0.15, 0.2) is 79.0 Å². The number of carbonyl (C=O) groups excluding carboxylic acids is 2. The van der Waals surface area contributed by atoms with Crippen molar-refractivity contribution in [3.8, 4) is 5.69 Å². The fourth-order valence-electron chi connectivity index (χ4n) is 4.90. The first kappa shape index (κ1) is 21.7. The van der Waals surface area contributed by atoms with Gasteiger partial charge in [0.05, 0.1) is 11.2 Å². The van der Waals surface area contributed by atoms with Crippen LogP contribution < -0.4 is 0 Å². The van der Waals surface area contributed by atoms with Gasteiger partial charge in [-0.2, -0.15) is 0 Å². The maximum atomic E-state index is 13.1. The quantitative estimate of drug-likeness (QED) is 0.343. The van der Waals surface area contributed by atoms with Crippen molar-refractivity contribution >= 4 is 29.0 Å². The van der Waals surface area contributed by atoms with Crippen LogP contribution in [-0.2, 0) is 9.53 Å². The molecule has 0 unspecified atom stereocenters. The molecule has 170 valence electrons. The van der Waals surface area contributed by atoms with Crippen molar-refractivity contribution in [3.63, 3.8) is 0 Å². The number of carbonyl (C=O) groups is 2. The van der Waals surface area contributed by atoms with E-state index in [0.717, 1.165) is 27.7 Å². The number of para-hydroxylation sites is 1. The second-order valence-electron chi connectivity index (χ2n) is 8.76. The summed E-state index contributed by atoms with van der Waals surface area (Å²) in [5, 5.41) is 1.04. The van der Waals surface area contributed by atoms with Crippen molar-refractivity contribution in [2.75, 3.05) is 6.61 Å². The number of cyclic esters (lactones) is 1. The van der Waals surface area contributed by atoms with Crippen molar-refractivity contribution < 1.29 is 14.3 Å². The molecule has 0 N–H and O–H groups in total. The fraction of sp³-hybridized carbons (Fsp3) is 0.172. The zero-order valence-corrected chi connectivity index (χ0v) is 19.5. The number of fused-ring (bicyclic) bond motifs is 1. The number of imide groups is 1. The molecule has 0 aliphatic carbocycles. The molecule has 5 heteroatoms. The first-order chi connectivity index (χ1) is 16.4. The monoisotopic (exact) mass is 450 g/mol. The van der Waals surface area contributed by atoms with Gasteiger partial charge in [-0.05, 0) is 49.6 Å². The second kappa shape index (κ2) is 8.67. The Hall–Kier alpha value is -4.12. The van der Waals surface area contributed by atoms with Crippen molar-refractivity contribution in [3.05, 3.63) is 107 Å². The van der Waals surface area contributed by atoms with E-state index in [0.29, 0.717) is 0 Å². The highest BCUT2D eigenvalue weighted by Gasteiger charge is 2.37. The molecule has 2 amide bonds. The Morgan fingerprint density at radius 3 is 2.38 bits per heavy atom. The summed E-state index contributed by atoms with van der Waals surface area (Å²) < 4.78 is 7.38. The molecule has 0 spiro atoms. The highest BCUT2D eigenvalue weighted by Crippen LogP contribution is 2.31. The molecular formula is C29H26N2O3. The summed E-state index contributed by atoms with van der Waals surface area (Å²) in [6.45, 7) is 6.49. The lowest BCUT2D eigenvalue weighted by molar-refractivity contribution is -0.124. The lowest BCUT2D eigenvalue weighted by Gasteiger charge is -2.18. The van der Waals surface area contributed by atoms with Gasteiger partial charge in [0.1, 0.15) is 12.6 Å². The van der Waals surface area contributed by atoms with Crippen molar-refractivity contribution in [1.29, 1.82) is 0 Å². The molecule has 0 bridgehead atoms. The molecule has 1 aliphatic rings. The third-order valence-corrected chi connectivity index (χ3v) is 6.32. The topological polar surface area (TPSA) is 51.5 Å². The van der Waals surface area contributed by atoms with E-state index in [4.69, 9.17) is 4.74 Å². The Labute approximate surface area is 198 Å². The number of hydrogen-bond acceptors (Lipinski definition) is 3. The minimum atomic E-state index is -0.614. The van der Waals surface area contributed by atoms with Gasteiger partial charge in [0, 0.05) is 23.2 Å². The van der Waals surface area contributed by atoms with Crippen LogP contribution >= 0.6 is 0 Å². The third kappa shape index (κ3) is 3.79. The highest BCUT2D eigenvalue weighted by atomic mass is 16.6. The second-order valence-corrected chi connectivity index (χ2v) is 8.76. The average molecular weight is 451 g/mol. The van der Waals surface area contributed by atoms with Gasteiger partial charge >= 0.3 is 6.09 Å². The Bertz CT molecular complexity index is 1410. The summed E-state index contributed by atoms with van der Waals surface area (Å²) in [5.41, 5.74) is 7.59. The highest BCUT2D eigenvalue weighted by molar-refractivity contribution is 6.03. The van der Waals surface area contributed by atoms with Gasteiger partial charge in [-0.3, -0.25) is 4.79 Å². The van der Waals surface area contributed by atoms with Crippen LogP contribution in [0, 0.1) is 20.8 Å². The van der Waals surface area contributed by atoms with E-state index in [1.165, 1.54) is 27.7 Å². The zero-order valence-electron chi connectivity index (χ0n) is 19.5. The minimum Gasteiger partial charge on any atom is -0.446 e. The van der Waals surface area contributed by atoms with E-state index in [9.17, 15) is 9.59 Å². The van der Waals surface area contributed by atoms with E-state index in [-0.39, 0.29) is 6.61 Å². The molecule has 3 aromatic carbocycles. The summed E-state index contributed by atoms with van der Waals surface area (Å²) in [4.78, 5) is 26.7. The first-order valence-electron chi connectivity index (χ1n) is 11.4. The van der Waals surface area contributed by atoms with Gasteiger partial charge in [0.25, 0.3) is 5.91 Å². The van der Waals surface area contributed by atoms with Gasteiger partial charge in [0.15, 0.2) is 0 Å². The van der Waals surface area contributed by atoms with Crippen LogP contribution in [0.3, 0.4) is 0 Å². The molecule has 1 fully saturated rings. The summed E-state index contributed by atoms with van der Waals surface area (Å²) in [6.07, 6.45) is 4.68. The lowest BCUT2D eigenvalue weighted by atomic mass is 10.0. The normalized spacial score (nSPS) is 15.9. The van der Waals surface area contributed by atoms with E-state index >= 15 is 0 Å². The van der Waals surface area contributed by atoms with Crippen molar-refractivity contribution in [1.82, 2.24) is 9.47 Å². The number of benzene rings is 3. The number of ether oxygens (including phenoxy) is 1. The van der Waals surface area contributed by atoms with Crippen LogP contribution in [0.25, 0.3) is 22.7 Å². The smallest absolute Gasteiger partial charge is 0.417 e. The Kier molecular flexibility index (Phi) is 5.54. The van der Waals surface area contributed by atoms with Crippen LogP contribution in [0.4, 0.5) is 4.79 Å². The Morgan fingerprint density at radius 2 is 1.65 bits per heavy atom. The largest absolute Gasteiger partial charge is 0.446 e. The maximum Gasteiger partial charge on any atom is 0.417 e. The van der Waals surface area contributed by atoms with Gasteiger partial charge in [-0.25, -0.2) is 9.69 Å². The van der Waals surface area contributed by atoms with Crippen LogP contribution in [0.1, 0.15) is 33.9 Å². The van der Waals surface area contributed by atoms with Crippen molar-refractivity contribution in [2.24, 2.45) is 0 Å². The summed E-state index contributed by atoms with van der Waals surface area (Å²) in [6, 6.07) is 21.5. The molecule has 1 saturated heterocycles. The molecule has 5 rings (SSSR count). The summed E-state index contributed by atoms with van der Waals surface area (Å²) in [7, 11) is 0. The van der Waals surface area contributed by atoms with Crippen molar-refractivity contribution in [2.45, 2.75) is 26.8 Å². The molecule has 0 saturated carbocycles. The van der Waals surface area contributed by atoms with Crippen LogP contribution in [-0.4, -0.2) is 28.1 Å². The predicted octanol–water partition coefficient (Wildman–Crippen LogP) is 6.29. The molecule has 1 aliphatic heterocycles. The van der Waals surface area contributed by atoms with E-state index < -0.39 is 18.0 Å². The van der Waals surface area contributed by atoms with Gasteiger partial charge in [-0.1, -0.05) is 66.2 Å². The molecule has 34 heavy (non-hydrogen) atoms. The predicted molar refractivity (Wildman–Crippen MR) is 134 cm³/mol. The number of rotatable bonds is 4. The number of hydrogen-bond donors (Lipinski definition) is 0. The van der Waals surface area contributed by atoms with E-state index in [1.54, 1.807) is 6.08 Å². The molecule has 2 heterocycles. The number of nitrogens with zero attached hydrogens (tertiary/aromatic N) is 2. The van der Waals surface area contributed by atoms with Gasteiger partial charge in [-0.15, -0.1) is 0 Å². The fourth-order valence-corrected chi connectivity index (χ4v) is 4.90. The molecular weight excluding hydrogens is 424 g/mol. The molecule has 4 aromatic rings. The average Bonchev–Trinajstić information content (AvgIpc) is 3.38. The summed E-state index contributed by atoms with van der Waals surface area (Å²) >= 11 is 0. The number of amides is 2. The molecule has 1 atom stereocenters. The van der Waals surface area contributed by atoms with E-state index in [1.807, 2.05) is 48.5 Å². The molecule has 5 nitrogen and oxygen atoms in total. The summed E-state index contributed by atoms with van der Waals surface area (Å²) in [5.74, 6) is -0.393. The van der Waals surface area contributed by atoms with Gasteiger partial charge in [0.2, 0.25) is 0 Å². The first-order valence-corrected chi connectivity index (χ1v) is 11.4. The van der Waals surface area contributed by atoms with Gasteiger partial charge < -0.3 is 9.30 Å². The Morgan fingerprint density at radius 1 is 0.971 bits per heavy atom. The lowest BCUT2D eigenvalue weighted by Crippen LogP contribution is -2.32. The maximum absolute atomic E-state index is 13.1. The standard InChI is InChI=1S/C29H26N2O3/c1-19-15-20(2)28(21(3)16-19)30-17-23(24-11-7-8-12-25(24)30)13-14-27(32)31-26(18-34-29(31)33)22-9-5-4-6-10-22/h4-17,26H,18H2,1-3H3/t26-/m0/s1. The number of aromatic nitrogens is 1. The van der Waals surface area contributed by atoms with E-state index in [2.05, 4.69) is 49.7 Å². The molecule has 0 radical (unpaired) electrons. The SMILES string of the molecule is Cc1cc(C)c(-n2cc(C=CC(=O)N3C(=O)OC[C@H]3c3ccccc3)c3ccccc32)c(C)c1. The number of aryl methyl sites for hydroxylation is 3. The molecule has 1 aromatic heterocycles. The zero-order chi connectivity index (χ0) is 23.8. The van der Waals surface area contributed by atoms with Crippen LogP contribution in [0.5, 0.6) is 0 Å².